The number of aryl methyl sites for hydroxylation is 1. The molecule has 2 N–H and O–H groups in total. The lowest BCUT2D eigenvalue weighted by atomic mass is 10.1. The van der Waals surface area contributed by atoms with Gasteiger partial charge in [0.05, 0.1) is 30.5 Å². The first-order chi connectivity index (χ1) is 15.6. The van der Waals surface area contributed by atoms with Crippen molar-refractivity contribution in [3.63, 3.8) is 0 Å². The van der Waals surface area contributed by atoms with Gasteiger partial charge in [-0.05, 0) is 25.8 Å². The van der Waals surface area contributed by atoms with Crippen LogP contribution in [0.1, 0.15) is 25.5 Å². The Morgan fingerprint density at radius 3 is 2.91 bits per heavy atom. The molecule has 1 aromatic carbocycles. The van der Waals surface area contributed by atoms with Crippen LogP contribution in [0.15, 0.2) is 35.3 Å². The van der Waals surface area contributed by atoms with Gasteiger partial charge in [0.25, 0.3) is 5.56 Å². The molecule has 9 heteroatoms. The van der Waals surface area contributed by atoms with Crippen molar-refractivity contribution < 1.29 is 0 Å². The predicted molar refractivity (Wildman–Crippen MR) is 124 cm³/mol. The quantitative estimate of drug-likeness (QED) is 0.492. The fourth-order valence-corrected chi connectivity index (χ4v) is 4.46. The molecule has 1 saturated heterocycles. The minimum atomic E-state index is -0.189. The molecule has 0 radical (unpaired) electrons. The van der Waals surface area contributed by atoms with Gasteiger partial charge in [0.2, 0.25) is 5.95 Å². The largest absolute Gasteiger partial charge is 0.341 e. The Morgan fingerprint density at radius 1 is 1.25 bits per heavy atom. The van der Waals surface area contributed by atoms with Gasteiger partial charge in [-0.15, -0.1) is 5.92 Å². The summed E-state index contributed by atoms with van der Waals surface area (Å²) in [6.07, 6.45) is 3.66. The lowest BCUT2D eigenvalue weighted by Gasteiger charge is -2.31. The summed E-state index contributed by atoms with van der Waals surface area (Å²) in [4.78, 5) is 20.5. The number of hydrogen-bond donors (Lipinski definition) is 1. The smallest absolute Gasteiger partial charge is 0.293 e. The summed E-state index contributed by atoms with van der Waals surface area (Å²) in [5.74, 6) is 6.76. The SMILES string of the molecule is CC#CCn1c(N2CCC[C@@H](N)C2)nc2cnn(Cc3c4ccccc4nn3C)c(=O)c21. The van der Waals surface area contributed by atoms with Crippen LogP contribution in [-0.2, 0) is 20.1 Å². The van der Waals surface area contributed by atoms with Crippen LogP contribution in [0.2, 0.25) is 0 Å². The van der Waals surface area contributed by atoms with Gasteiger partial charge in [0, 0.05) is 31.6 Å². The maximum atomic E-state index is 13.6. The van der Waals surface area contributed by atoms with E-state index >= 15 is 0 Å². The maximum Gasteiger partial charge on any atom is 0.293 e. The third kappa shape index (κ3) is 3.42. The second kappa shape index (κ2) is 8.13. The normalized spacial score (nSPS) is 16.5. The fourth-order valence-electron chi connectivity index (χ4n) is 4.46. The third-order valence-corrected chi connectivity index (χ3v) is 6.05. The molecule has 4 heterocycles. The third-order valence-electron chi connectivity index (χ3n) is 6.05. The van der Waals surface area contributed by atoms with Crippen LogP contribution in [0.4, 0.5) is 5.95 Å². The lowest BCUT2D eigenvalue weighted by Crippen LogP contribution is -2.44. The summed E-state index contributed by atoms with van der Waals surface area (Å²) in [6.45, 7) is 4.08. The van der Waals surface area contributed by atoms with Gasteiger partial charge < -0.3 is 10.6 Å². The van der Waals surface area contributed by atoms with Crippen LogP contribution in [0.5, 0.6) is 0 Å². The van der Waals surface area contributed by atoms with Crippen molar-refractivity contribution in [1.82, 2.24) is 29.1 Å². The van der Waals surface area contributed by atoms with E-state index in [1.807, 2.05) is 40.6 Å². The van der Waals surface area contributed by atoms with Gasteiger partial charge in [-0.25, -0.2) is 9.67 Å². The number of nitrogens with two attached hydrogens (primary N) is 1. The number of fused-ring (bicyclic) bond motifs is 2. The number of rotatable bonds is 4. The van der Waals surface area contributed by atoms with Crippen molar-refractivity contribution in [2.45, 2.75) is 38.9 Å². The van der Waals surface area contributed by atoms with E-state index in [1.54, 1.807) is 13.1 Å². The second-order valence-electron chi connectivity index (χ2n) is 8.20. The van der Waals surface area contributed by atoms with Gasteiger partial charge in [-0.3, -0.25) is 14.0 Å². The molecular formula is C23H26N8O. The van der Waals surface area contributed by atoms with Crippen molar-refractivity contribution in [3.05, 3.63) is 46.5 Å². The number of benzene rings is 1. The van der Waals surface area contributed by atoms with E-state index in [0.29, 0.717) is 30.7 Å². The second-order valence-corrected chi connectivity index (χ2v) is 8.20. The fraction of sp³-hybridized carbons (Fsp3) is 0.391. The van der Waals surface area contributed by atoms with E-state index in [-0.39, 0.29) is 11.6 Å². The number of aromatic nitrogens is 6. The molecule has 0 unspecified atom stereocenters. The van der Waals surface area contributed by atoms with E-state index in [4.69, 9.17) is 10.7 Å². The van der Waals surface area contributed by atoms with E-state index in [9.17, 15) is 4.79 Å². The first-order valence-corrected chi connectivity index (χ1v) is 10.8. The minimum absolute atomic E-state index is 0.0992. The monoisotopic (exact) mass is 430 g/mol. The molecule has 0 aliphatic carbocycles. The zero-order valence-corrected chi connectivity index (χ0v) is 18.3. The van der Waals surface area contributed by atoms with Crippen molar-refractivity contribution in [2.24, 2.45) is 12.8 Å². The lowest BCUT2D eigenvalue weighted by molar-refractivity contribution is 0.496. The van der Waals surface area contributed by atoms with E-state index in [1.165, 1.54) is 4.68 Å². The number of hydrogen-bond acceptors (Lipinski definition) is 6. The maximum absolute atomic E-state index is 13.6. The zero-order valence-electron chi connectivity index (χ0n) is 18.3. The van der Waals surface area contributed by atoms with Crippen molar-refractivity contribution in [3.8, 4) is 11.8 Å². The van der Waals surface area contributed by atoms with Crippen molar-refractivity contribution in [2.75, 3.05) is 18.0 Å². The molecule has 1 atom stereocenters. The van der Waals surface area contributed by atoms with Crippen LogP contribution in [0.3, 0.4) is 0 Å². The van der Waals surface area contributed by atoms with E-state index < -0.39 is 0 Å². The molecular weight excluding hydrogens is 404 g/mol. The Labute approximate surface area is 185 Å². The standard InChI is InChI=1S/C23H26N8O/c1-3-4-12-30-21-19(26-23(30)29-11-7-8-16(24)14-29)13-25-31(22(21)32)15-20-17-9-5-6-10-18(17)27-28(20)2/h5-6,9-10,13,16H,7-8,11-12,14-15,24H2,1-2H3/t16-/m1/s1. The summed E-state index contributed by atoms with van der Waals surface area (Å²) >= 11 is 0. The summed E-state index contributed by atoms with van der Waals surface area (Å²) in [6, 6.07) is 8.01. The van der Waals surface area contributed by atoms with Crippen LogP contribution >= 0.6 is 0 Å². The summed E-state index contributed by atoms with van der Waals surface area (Å²) in [5, 5.41) is 9.99. The number of imidazole rings is 1. The summed E-state index contributed by atoms with van der Waals surface area (Å²) < 4.78 is 5.20. The zero-order chi connectivity index (χ0) is 22.2. The van der Waals surface area contributed by atoms with Crippen LogP contribution in [0, 0.1) is 11.8 Å². The highest BCUT2D eigenvalue weighted by molar-refractivity contribution is 5.81. The molecule has 5 rings (SSSR count). The average molecular weight is 431 g/mol. The van der Waals surface area contributed by atoms with Crippen LogP contribution in [0.25, 0.3) is 21.9 Å². The van der Waals surface area contributed by atoms with Gasteiger partial charge in [0.15, 0.2) is 0 Å². The molecule has 4 aromatic rings. The molecule has 164 valence electrons. The predicted octanol–water partition coefficient (Wildman–Crippen LogP) is 1.48. The molecule has 0 spiro atoms. The molecule has 1 fully saturated rings. The summed E-state index contributed by atoms with van der Waals surface area (Å²) in [7, 11) is 1.89. The Hall–Kier alpha value is -3.64. The Bertz CT molecular complexity index is 1420. The average Bonchev–Trinajstić information content (AvgIpc) is 3.32. The Balaban J connectivity index is 1.62. The minimum Gasteiger partial charge on any atom is -0.341 e. The molecule has 32 heavy (non-hydrogen) atoms. The van der Waals surface area contributed by atoms with Gasteiger partial charge in [-0.2, -0.15) is 10.2 Å². The van der Waals surface area contributed by atoms with Crippen molar-refractivity contribution >= 4 is 27.9 Å². The first kappa shape index (κ1) is 20.3. The highest BCUT2D eigenvalue weighted by Gasteiger charge is 2.24. The van der Waals surface area contributed by atoms with Gasteiger partial charge in [-0.1, -0.05) is 24.1 Å². The first-order valence-electron chi connectivity index (χ1n) is 10.8. The molecule has 1 aliphatic rings. The van der Waals surface area contributed by atoms with E-state index in [0.717, 1.165) is 41.9 Å². The highest BCUT2D eigenvalue weighted by atomic mass is 16.1. The number of nitrogens with zero attached hydrogens (tertiary/aromatic N) is 7. The molecule has 0 amide bonds. The molecule has 9 nitrogen and oxygen atoms in total. The Morgan fingerprint density at radius 2 is 2.09 bits per heavy atom. The molecule has 3 aromatic heterocycles. The highest BCUT2D eigenvalue weighted by Crippen LogP contribution is 2.23. The van der Waals surface area contributed by atoms with E-state index in [2.05, 4.69) is 26.9 Å². The van der Waals surface area contributed by atoms with Gasteiger partial charge in [0.1, 0.15) is 11.0 Å². The van der Waals surface area contributed by atoms with Crippen molar-refractivity contribution in [1.29, 1.82) is 0 Å². The van der Waals surface area contributed by atoms with Crippen LogP contribution < -0.4 is 16.2 Å². The van der Waals surface area contributed by atoms with Crippen LogP contribution in [-0.4, -0.2) is 48.2 Å². The topological polar surface area (TPSA) is 99.8 Å². The molecule has 1 aliphatic heterocycles. The molecule has 0 bridgehead atoms. The number of anilines is 1. The number of piperidine rings is 1. The Kier molecular flexibility index (Phi) is 5.15. The van der Waals surface area contributed by atoms with Gasteiger partial charge >= 0.3 is 0 Å². The molecule has 0 saturated carbocycles. The summed E-state index contributed by atoms with van der Waals surface area (Å²) in [5.41, 5.74) is 8.93.